The first-order chi connectivity index (χ1) is 9.30. The van der Waals surface area contributed by atoms with Crippen molar-refractivity contribution >= 4 is 21.4 Å². The van der Waals surface area contributed by atoms with Crippen molar-refractivity contribution in [2.75, 3.05) is 7.05 Å². The molecule has 0 amide bonds. The van der Waals surface area contributed by atoms with Crippen molar-refractivity contribution in [1.82, 2.24) is 10.0 Å². The van der Waals surface area contributed by atoms with Crippen molar-refractivity contribution in [1.29, 1.82) is 0 Å². The predicted octanol–water partition coefficient (Wildman–Crippen LogP) is 2.88. The van der Waals surface area contributed by atoms with Gasteiger partial charge in [0.2, 0.25) is 10.0 Å². The zero-order valence-corrected chi connectivity index (χ0v) is 14.6. The molecule has 0 saturated heterocycles. The van der Waals surface area contributed by atoms with E-state index in [1.807, 2.05) is 20.9 Å². The Bertz CT molecular complexity index is 523. The van der Waals surface area contributed by atoms with Crippen LogP contribution in [0.5, 0.6) is 0 Å². The molecule has 4 nitrogen and oxygen atoms in total. The van der Waals surface area contributed by atoms with E-state index in [1.54, 1.807) is 6.07 Å². The Morgan fingerprint density at radius 3 is 2.55 bits per heavy atom. The van der Waals surface area contributed by atoms with Crippen LogP contribution in [-0.2, 0) is 16.6 Å². The second kappa shape index (κ2) is 7.54. The molecule has 0 aliphatic carbocycles. The lowest BCUT2D eigenvalue weighted by Crippen LogP contribution is -2.33. The van der Waals surface area contributed by atoms with Gasteiger partial charge in [-0.3, -0.25) is 0 Å². The van der Waals surface area contributed by atoms with E-state index in [-0.39, 0.29) is 6.04 Å². The third-order valence-corrected chi connectivity index (χ3v) is 6.71. The highest BCUT2D eigenvalue weighted by atomic mass is 32.2. The van der Waals surface area contributed by atoms with Gasteiger partial charge in [0.05, 0.1) is 0 Å². The van der Waals surface area contributed by atoms with E-state index in [4.69, 9.17) is 0 Å². The Kier molecular flexibility index (Phi) is 6.64. The number of nitrogens with one attached hydrogen (secondary N) is 2. The van der Waals surface area contributed by atoms with Gasteiger partial charge in [-0.2, -0.15) is 0 Å². The van der Waals surface area contributed by atoms with Crippen molar-refractivity contribution in [2.45, 2.75) is 57.3 Å². The maximum absolute atomic E-state index is 12.4. The lowest BCUT2D eigenvalue weighted by atomic mass is 10.0. The molecule has 0 spiro atoms. The van der Waals surface area contributed by atoms with Crippen molar-refractivity contribution in [3.05, 3.63) is 16.5 Å². The fourth-order valence-electron chi connectivity index (χ4n) is 2.10. The summed E-state index contributed by atoms with van der Waals surface area (Å²) in [5.74, 6) is 0.526. The highest BCUT2D eigenvalue weighted by molar-refractivity contribution is 7.91. The zero-order valence-electron chi connectivity index (χ0n) is 13.0. The van der Waals surface area contributed by atoms with E-state index in [0.717, 1.165) is 23.3 Å². The summed E-state index contributed by atoms with van der Waals surface area (Å²) >= 11 is 1.34. The first-order valence-electron chi connectivity index (χ1n) is 7.06. The zero-order chi connectivity index (χ0) is 15.3. The van der Waals surface area contributed by atoms with Gasteiger partial charge in [0, 0.05) is 17.5 Å². The number of rotatable bonds is 8. The van der Waals surface area contributed by atoms with Gasteiger partial charge >= 0.3 is 0 Å². The first-order valence-corrected chi connectivity index (χ1v) is 9.36. The van der Waals surface area contributed by atoms with Crippen LogP contribution in [0.4, 0.5) is 0 Å². The van der Waals surface area contributed by atoms with Crippen molar-refractivity contribution < 1.29 is 8.42 Å². The van der Waals surface area contributed by atoms with Crippen LogP contribution in [0.1, 0.15) is 44.1 Å². The Hall–Kier alpha value is -0.430. The van der Waals surface area contributed by atoms with Gasteiger partial charge in [-0.1, -0.05) is 20.3 Å². The van der Waals surface area contributed by atoms with E-state index < -0.39 is 10.0 Å². The molecule has 116 valence electrons. The summed E-state index contributed by atoms with van der Waals surface area (Å²) in [5.41, 5.74) is 1.03. The van der Waals surface area contributed by atoms with Crippen LogP contribution in [0.15, 0.2) is 10.3 Å². The maximum Gasteiger partial charge on any atom is 0.250 e. The van der Waals surface area contributed by atoms with Crippen LogP contribution in [0, 0.1) is 12.8 Å². The summed E-state index contributed by atoms with van der Waals surface area (Å²) in [4.78, 5) is 1.07. The fourth-order valence-corrected chi connectivity index (χ4v) is 4.97. The lowest BCUT2D eigenvalue weighted by Gasteiger charge is -2.16. The molecule has 2 N–H and O–H groups in total. The number of hydrogen-bond acceptors (Lipinski definition) is 4. The summed E-state index contributed by atoms with van der Waals surface area (Å²) in [6, 6.07) is 1.72. The van der Waals surface area contributed by atoms with Gasteiger partial charge in [-0.15, -0.1) is 11.3 Å². The highest BCUT2D eigenvalue weighted by Crippen LogP contribution is 2.26. The van der Waals surface area contributed by atoms with Crippen molar-refractivity contribution in [3.63, 3.8) is 0 Å². The lowest BCUT2D eigenvalue weighted by molar-refractivity contribution is 0.446. The molecule has 0 saturated carbocycles. The maximum atomic E-state index is 12.4. The van der Waals surface area contributed by atoms with Gasteiger partial charge in [0.25, 0.3) is 0 Å². The molecule has 2 atom stereocenters. The third-order valence-electron chi connectivity index (χ3n) is 3.41. The molecule has 0 radical (unpaired) electrons. The van der Waals surface area contributed by atoms with Gasteiger partial charge in [-0.25, -0.2) is 13.1 Å². The molecule has 0 aliphatic heterocycles. The minimum absolute atomic E-state index is 0.0369. The van der Waals surface area contributed by atoms with Crippen LogP contribution >= 0.6 is 11.3 Å². The molecule has 2 unspecified atom stereocenters. The monoisotopic (exact) mass is 318 g/mol. The minimum Gasteiger partial charge on any atom is -0.315 e. The van der Waals surface area contributed by atoms with Gasteiger partial charge in [0.15, 0.2) is 0 Å². The Labute approximate surface area is 127 Å². The summed E-state index contributed by atoms with van der Waals surface area (Å²) in [5, 5.41) is 3.06. The minimum atomic E-state index is -3.39. The molecule has 20 heavy (non-hydrogen) atoms. The van der Waals surface area contributed by atoms with Gasteiger partial charge in [0.1, 0.15) is 4.21 Å². The molecule has 6 heteroatoms. The summed E-state index contributed by atoms with van der Waals surface area (Å²) in [6.07, 6.45) is 1.93. The Morgan fingerprint density at radius 1 is 1.35 bits per heavy atom. The van der Waals surface area contributed by atoms with Gasteiger partial charge < -0.3 is 5.32 Å². The molecule has 0 fully saturated rings. The second-order valence-corrected chi connectivity index (χ2v) is 8.55. The smallest absolute Gasteiger partial charge is 0.250 e. The standard InChI is InChI=1S/C14H26N2O2S2/c1-6-10(2)7-12(4)16-20(17,18)14-8-11(3)13(19-14)9-15-5/h8,10,12,15-16H,6-7,9H2,1-5H3. The summed E-state index contributed by atoms with van der Waals surface area (Å²) < 4.78 is 27.9. The van der Waals surface area contributed by atoms with Crippen molar-refractivity contribution in [3.8, 4) is 0 Å². The number of hydrogen-bond donors (Lipinski definition) is 2. The average molecular weight is 319 g/mol. The summed E-state index contributed by atoms with van der Waals surface area (Å²) in [7, 11) is -1.53. The Balaban J connectivity index is 2.80. The highest BCUT2D eigenvalue weighted by Gasteiger charge is 2.21. The molecular formula is C14H26N2O2S2. The van der Waals surface area contributed by atoms with Crippen LogP contribution in [0.2, 0.25) is 0 Å². The molecule has 0 aliphatic rings. The average Bonchev–Trinajstić information content (AvgIpc) is 2.71. The molecule has 0 bridgehead atoms. The van der Waals surface area contributed by atoms with Crippen LogP contribution in [-0.4, -0.2) is 21.5 Å². The van der Waals surface area contributed by atoms with E-state index in [9.17, 15) is 8.42 Å². The van der Waals surface area contributed by atoms with Crippen LogP contribution < -0.4 is 10.0 Å². The third kappa shape index (κ3) is 4.84. The van der Waals surface area contributed by atoms with Crippen LogP contribution in [0.25, 0.3) is 0 Å². The largest absolute Gasteiger partial charge is 0.315 e. The van der Waals surface area contributed by atoms with E-state index in [0.29, 0.717) is 16.7 Å². The van der Waals surface area contributed by atoms with Gasteiger partial charge in [-0.05, 0) is 44.9 Å². The van der Waals surface area contributed by atoms with E-state index in [1.165, 1.54) is 11.3 Å². The molecule has 1 rings (SSSR count). The van der Waals surface area contributed by atoms with E-state index in [2.05, 4.69) is 23.9 Å². The SMILES string of the molecule is CCC(C)CC(C)NS(=O)(=O)c1cc(C)c(CNC)s1. The molecule has 1 heterocycles. The molecule has 1 aromatic rings. The first kappa shape index (κ1) is 17.6. The number of aryl methyl sites for hydroxylation is 1. The molecular weight excluding hydrogens is 292 g/mol. The number of sulfonamides is 1. The Morgan fingerprint density at radius 2 is 2.00 bits per heavy atom. The molecule has 1 aromatic heterocycles. The van der Waals surface area contributed by atoms with Crippen molar-refractivity contribution in [2.24, 2.45) is 5.92 Å². The normalized spacial score (nSPS) is 15.2. The number of thiophene rings is 1. The quantitative estimate of drug-likeness (QED) is 0.775. The summed E-state index contributed by atoms with van der Waals surface area (Å²) in [6.45, 7) is 8.85. The van der Waals surface area contributed by atoms with Crippen LogP contribution in [0.3, 0.4) is 0 Å². The molecule has 0 aromatic carbocycles. The predicted molar refractivity (Wildman–Crippen MR) is 85.7 cm³/mol. The van der Waals surface area contributed by atoms with E-state index >= 15 is 0 Å². The fraction of sp³-hybridized carbons (Fsp3) is 0.714. The topological polar surface area (TPSA) is 58.2 Å². The second-order valence-electron chi connectivity index (χ2n) is 5.47.